The highest BCUT2D eigenvalue weighted by atomic mass is 16.8. The summed E-state index contributed by atoms with van der Waals surface area (Å²) in [6.07, 6.45) is 2.73. The standard InChI is InChI=1S/C8H10O3/c1-8(2)10-6-4-3-5(9)7(6)11-8/h3-4,6-7H,1-2H3/t6?,7-/m1/s1. The van der Waals surface area contributed by atoms with Crippen LogP contribution in [0, 0.1) is 0 Å². The largest absolute Gasteiger partial charge is 0.340 e. The molecule has 2 rings (SSSR count). The fourth-order valence-corrected chi connectivity index (χ4v) is 1.43. The van der Waals surface area contributed by atoms with Crippen molar-refractivity contribution in [2.75, 3.05) is 0 Å². The molecular weight excluding hydrogens is 144 g/mol. The third-order valence-electron chi connectivity index (χ3n) is 1.86. The zero-order chi connectivity index (χ0) is 8.06. The molecule has 1 aliphatic heterocycles. The molecular formula is C8H10O3. The molecule has 0 aromatic rings. The van der Waals surface area contributed by atoms with E-state index in [0.717, 1.165) is 0 Å². The van der Waals surface area contributed by atoms with E-state index in [9.17, 15) is 4.79 Å². The van der Waals surface area contributed by atoms with Crippen molar-refractivity contribution in [1.29, 1.82) is 0 Å². The lowest BCUT2D eigenvalue weighted by Crippen LogP contribution is -2.25. The molecule has 0 aromatic heterocycles. The van der Waals surface area contributed by atoms with E-state index in [0.29, 0.717) is 0 Å². The minimum Gasteiger partial charge on any atom is -0.340 e. The van der Waals surface area contributed by atoms with Gasteiger partial charge in [-0.2, -0.15) is 0 Å². The molecule has 2 atom stereocenters. The summed E-state index contributed by atoms with van der Waals surface area (Å²) in [7, 11) is 0. The minimum atomic E-state index is -0.601. The van der Waals surface area contributed by atoms with Crippen molar-refractivity contribution in [1.82, 2.24) is 0 Å². The van der Waals surface area contributed by atoms with E-state index in [1.165, 1.54) is 6.08 Å². The fourth-order valence-electron chi connectivity index (χ4n) is 1.43. The van der Waals surface area contributed by atoms with Crippen LogP contribution in [0.1, 0.15) is 13.8 Å². The third kappa shape index (κ3) is 1.01. The fraction of sp³-hybridized carbons (Fsp3) is 0.625. The third-order valence-corrected chi connectivity index (χ3v) is 1.86. The number of rotatable bonds is 0. The van der Waals surface area contributed by atoms with Crippen LogP contribution >= 0.6 is 0 Å². The van der Waals surface area contributed by atoms with Crippen LogP contribution in [0.25, 0.3) is 0 Å². The van der Waals surface area contributed by atoms with Crippen LogP contribution in [-0.2, 0) is 14.3 Å². The van der Waals surface area contributed by atoms with Crippen molar-refractivity contribution < 1.29 is 14.3 Å². The van der Waals surface area contributed by atoms with Gasteiger partial charge in [0.25, 0.3) is 0 Å². The van der Waals surface area contributed by atoms with Gasteiger partial charge in [0, 0.05) is 0 Å². The maximum Gasteiger partial charge on any atom is 0.187 e. The van der Waals surface area contributed by atoms with E-state index < -0.39 is 5.79 Å². The van der Waals surface area contributed by atoms with Crippen molar-refractivity contribution in [2.24, 2.45) is 0 Å². The Labute approximate surface area is 65.0 Å². The Hall–Kier alpha value is -0.670. The summed E-state index contributed by atoms with van der Waals surface area (Å²) >= 11 is 0. The Balaban J connectivity index is 2.22. The predicted octanol–water partition coefficient (Wildman–Crippen LogP) is 0.645. The second kappa shape index (κ2) is 1.93. The first-order chi connectivity index (χ1) is 5.08. The molecule has 1 saturated heterocycles. The molecule has 1 aliphatic carbocycles. The quantitative estimate of drug-likeness (QED) is 0.513. The maximum absolute atomic E-state index is 11.1. The summed E-state index contributed by atoms with van der Waals surface area (Å²) in [5, 5.41) is 0. The summed E-state index contributed by atoms with van der Waals surface area (Å²) in [5.41, 5.74) is 0. The number of hydrogen-bond donors (Lipinski definition) is 0. The van der Waals surface area contributed by atoms with Gasteiger partial charge in [-0.25, -0.2) is 0 Å². The van der Waals surface area contributed by atoms with E-state index in [1.807, 2.05) is 13.8 Å². The highest BCUT2D eigenvalue weighted by Gasteiger charge is 2.45. The smallest absolute Gasteiger partial charge is 0.187 e. The molecule has 1 heterocycles. The summed E-state index contributed by atoms with van der Waals surface area (Å²) in [4.78, 5) is 11.1. The van der Waals surface area contributed by atoms with E-state index in [1.54, 1.807) is 6.08 Å². The van der Waals surface area contributed by atoms with Gasteiger partial charge >= 0.3 is 0 Å². The van der Waals surface area contributed by atoms with Crippen LogP contribution in [0.3, 0.4) is 0 Å². The van der Waals surface area contributed by atoms with E-state index in [-0.39, 0.29) is 18.0 Å². The first kappa shape index (κ1) is 7.00. The second-order valence-corrected chi connectivity index (χ2v) is 3.28. The monoisotopic (exact) mass is 154 g/mol. The molecule has 60 valence electrons. The number of hydrogen-bond acceptors (Lipinski definition) is 3. The molecule has 0 saturated carbocycles. The van der Waals surface area contributed by atoms with Gasteiger partial charge in [-0.15, -0.1) is 0 Å². The molecule has 0 N–H and O–H groups in total. The molecule has 0 spiro atoms. The molecule has 11 heavy (non-hydrogen) atoms. The Morgan fingerprint density at radius 2 is 2.18 bits per heavy atom. The summed E-state index contributed by atoms with van der Waals surface area (Å²) in [5.74, 6) is -0.587. The number of carbonyl (C=O) groups excluding carboxylic acids is 1. The first-order valence-electron chi connectivity index (χ1n) is 3.66. The molecule has 3 heteroatoms. The zero-order valence-electron chi connectivity index (χ0n) is 6.53. The molecule has 0 radical (unpaired) electrons. The van der Waals surface area contributed by atoms with E-state index >= 15 is 0 Å². The van der Waals surface area contributed by atoms with Crippen LogP contribution < -0.4 is 0 Å². The highest BCUT2D eigenvalue weighted by molar-refractivity contribution is 5.97. The Kier molecular flexibility index (Phi) is 1.23. The van der Waals surface area contributed by atoms with Gasteiger partial charge < -0.3 is 9.47 Å². The zero-order valence-corrected chi connectivity index (χ0v) is 6.53. The lowest BCUT2D eigenvalue weighted by molar-refractivity contribution is -0.152. The molecule has 2 aliphatic rings. The molecule has 0 bridgehead atoms. The highest BCUT2D eigenvalue weighted by Crippen LogP contribution is 2.32. The van der Waals surface area contributed by atoms with Crippen molar-refractivity contribution >= 4 is 5.78 Å². The lowest BCUT2D eigenvalue weighted by atomic mass is 10.2. The number of ketones is 1. The number of fused-ring (bicyclic) bond motifs is 1. The van der Waals surface area contributed by atoms with Gasteiger partial charge in [0.2, 0.25) is 0 Å². The average molecular weight is 154 g/mol. The molecule has 1 fully saturated rings. The lowest BCUT2D eigenvalue weighted by Gasteiger charge is -2.16. The summed E-state index contributed by atoms with van der Waals surface area (Å²) in [6.45, 7) is 3.62. The van der Waals surface area contributed by atoms with Gasteiger partial charge in [0.05, 0.1) is 0 Å². The van der Waals surface area contributed by atoms with Crippen molar-refractivity contribution in [3.63, 3.8) is 0 Å². The molecule has 3 nitrogen and oxygen atoms in total. The Morgan fingerprint density at radius 1 is 1.45 bits per heavy atom. The van der Waals surface area contributed by atoms with Crippen LogP contribution in [0.5, 0.6) is 0 Å². The van der Waals surface area contributed by atoms with Gasteiger partial charge in [-0.1, -0.05) is 0 Å². The average Bonchev–Trinajstić information content (AvgIpc) is 2.31. The Morgan fingerprint density at radius 3 is 2.82 bits per heavy atom. The molecule has 0 amide bonds. The topological polar surface area (TPSA) is 35.5 Å². The van der Waals surface area contributed by atoms with Gasteiger partial charge in [0.1, 0.15) is 6.10 Å². The number of ether oxygens (including phenoxy) is 2. The van der Waals surface area contributed by atoms with Crippen LogP contribution in [0.15, 0.2) is 12.2 Å². The van der Waals surface area contributed by atoms with Crippen molar-refractivity contribution in [2.45, 2.75) is 31.8 Å². The minimum absolute atomic E-state index is 0.0144. The maximum atomic E-state index is 11.1. The van der Waals surface area contributed by atoms with Crippen LogP contribution in [-0.4, -0.2) is 23.8 Å². The first-order valence-corrected chi connectivity index (χ1v) is 3.66. The predicted molar refractivity (Wildman–Crippen MR) is 38.0 cm³/mol. The molecule has 0 aromatic carbocycles. The number of carbonyl (C=O) groups is 1. The van der Waals surface area contributed by atoms with Gasteiger partial charge in [0.15, 0.2) is 17.7 Å². The Bertz CT molecular complexity index is 229. The van der Waals surface area contributed by atoms with Crippen molar-refractivity contribution in [3.8, 4) is 0 Å². The van der Waals surface area contributed by atoms with Gasteiger partial charge in [-0.05, 0) is 26.0 Å². The summed E-state index contributed by atoms with van der Waals surface area (Å²) < 4.78 is 10.8. The van der Waals surface area contributed by atoms with E-state index in [2.05, 4.69) is 0 Å². The van der Waals surface area contributed by atoms with Crippen molar-refractivity contribution in [3.05, 3.63) is 12.2 Å². The SMILES string of the molecule is CC1(C)OC2C=CC(=O)[C@H]2O1. The normalized spacial score (nSPS) is 39.6. The van der Waals surface area contributed by atoms with Crippen LogP contribution in [0.2, 0.25) is 0 Å². The summed E-state index contributed by atoms with van der Waals surface area (Å²) in [6, 6.07) is 0. The van der Waals surface area contributed by atoms with E-state index in [4.69, 9.17) is 9.47 Å². The van der Waals surface area contributed by atoms with Crippen LogP contribution in [0.4, 0.5) is 0 Å². The van der Waals surface area contributed by atoms with Gasteiger partial charge in [-0.3, -0.25) is 4.79 Å². The second-order valence-electron chi connectivity index (χ2n) is 3.28. The molecule has 1 unspecified atom stereocenters.